The maximum absolute atomic E-state index is 11.9. The van der Waals surface area contributed by atoms with E-state index in [1.807, 2.05) is 6.07 Å². The normalized spacial score (nSPS) is 11.4. The molecule has 8 heteroatoms. The minimum absolute atomic E-state index is 0.0386. The molecule has 1 atom stereocenters. The first kappa shape index (κ1) is 16.1. The van der Waals surface area contributed by atoms with Crippen molar-refractivity contribution in [2.24, 2.45) is 0 Å². The number of carbonyl (C=O) groups excluding carboxylic acids is 1. The Labute approximate surface area is 122 Å². The molecule has 0 bridgehead atoms. The fraction of sp³-hybridized carbons (Fsp3) is 0.250. The first-order valence-electron chi connectivity index (χ1n) is 5.50. The highest BCUT2D eigenvalue weighted by Crippen LogP contribution is 2.19. The summed E-state index contributed by atoms with van der Waals surface area (Å²) in [7, 11) is -1.67. The van der Waals surface area contributed by atoms with Crippen LogP contribution in [-0.4, -0.2) is 33.5 Å². The molecule has 1 amide bonds. The second-order valence-electron chi connectivity index (χ2n) is 3.69. The summed E-state index contributed by atoms with van der Waals surface area (Å²) >= 11 is 5.70. The molecule has 0 aromatic heterocycles. The lowest BCUT2D eigenvalue weighted by atomic mass is 10.2. The Morgan fingerprint density at radius 2 is 2.15 bits per heavy atom. The molecular formula is C12H11ClN2O4S. The maximum atomic E-state index is 11.9. The summed E-state index contributed by atoms with van der Waals surface area (Å²) in [5.41, 5.74) is -0.164. The van der Waals surface area contributed by atoms with Crippen LogP contribution in [-0.2, 0) is 15.6 Å². The zero-order valence-electron chi connectivity index (χ0n) is 10.3. The van der Waals surface area contributed by atoms with E-state index >= 15 is 0 Å². The number of amides is 1. The molecule has 2 N–H and O–H groups in total. The van der Waals surface area contributed by atoms with Crippen molar-refractivity contribution in [3.63, 3.8) is 0 Å². The molecule has 20 heavy (non-hydrogen) atoms. The molecule has 0 fully saturated rings. The van der Waals surface area contributed by atoms with Gasteiger partial charge < -0.3 is 10.4 Å². The molecule has 0 heterocycles. The molecule has 1 aromatic carbocycles. The number of hydrogen-bond donors (Lipinski definition) is 2. The van der Waals surface area contributed by atoms with E-state index in [1.54, 1.807) is 0 Å². The van der Waals surface area contributed by atoms with E-state index in [4.69, 9.17) is 22.0 Å². The Hall–Kier alpha value is -1.91. The second-order valence-corrected chi connectivity index (χ2v) is 5.55. The number of nitriles is 1. The molecular weight excluding hydrogens is 304 g/mol. The van der Waals surface area contributed by atoms with Crippen LogP contribution in [0.15, 0.2) is 23.1 Å². The van der Waals surface area contributed by atoms with Gasteiger partial charge in [-0.15, -0.1) is 0 Å². The van der Waals surface area contributed by atoms with Crippen molar-refractivity contribution < 1.29 is 18.9 Å². The minimum atomic E-state index is -1.67. The number of halogens is 1. The van der Waals surface area contributed by atoms with Gasteiger partial charge in [-0.3, -0.25) is 9.00 Å². The van der Waals surface area contributed by atoms with Gasteiger partial charge in [0.25, 0.3) is 0 Å². The highest BCUT2D eigenvalue weighted by atomic mass is 35.5. The lowest BCUT2D eigenvalue weighted by Crippen LogP contribution is -2.29. The third-order valence-electron chi connectivity index (χ3n) is 2.25. The van der Waals surface area contributed by atoms with Gasteiger partial charge in [0.15, 0.2) is 0 Å². The summed E-state index contributed by atoms with van der Waals surface area (Å²) < 4.78 is 11.9. The van der Waals surface area contributed by atoms with Gasteiger partial charge in [-0.2, -0.15) is 5.26 Å². The number of benzene rings is 1. The quantitative estimate of drug-likeness (QED) is 0.766. The first-order chi connectivity index (χ1) is 9.45. The monoisotopic (exact) mass is 314 g/mol. The number of carboxylic acid groups (broad SMARTS) is 1. The molecule has 1 aromatic rings. The fourth-order valence-corrected chi connectivity index (χ4v) is 2.50. The van der Waals surface area contributed by atoms with E-state index in [2.05, 4.69) is 5.32 Å². The van der Waals surface area contributed by atoms with Gasteiger partial charge >= 0.3 is 5.97 Å². The highest BCUT2D eigenvalue weighted by molar-refractivity contribution is 7.85. The van der Waals surface area contributed by atoms with E-state index in [1.165, 1.54) is 18.2 Å². The van der Waals surface area contributed by atoms with Crippen LogP contribution in [0.25, 0.3) is 0 Å². The molecule has 1 unspecified atom stereocenters. The summed E-state index contributed by atoms with van der Waals surface area (Å²) in [5.74, 6) is -2.00. The van der Waals surface area contributed by atoms with Gasteiger partial charge in [0, 0.05) is 11.4 Å². The van der Waals surface area contributed by atoms with Crippen LogP contribution in [0, 0.1) is 11.3 Å². The number of nitrogens with one attached hydrogen (secondary N) is 1. The standard InChI is InChI=1S/C12H11ClN2O4S/c13-10-3-2-8(6-9(10)12(17)18)20(19)7-11(16)15-5-1-4-14/h2-3,6H,1,5,7H2,(H,15,16)(H,17,18). The molecule has 1 rings (SSSR count). The van der Waals surface area contributed by atoms with Gasteiger partial charge in [-0.05, 0) is 18.2 Å². The Morgan fingerprint density at radius 1 is 1.45 bits per heavy atom. The van der Waals surface area contributed by atoms with Crippen LogP contribution >= 0.6 is 11.6 Å². The van der Waals surface area contributed by atoms with E-state index < -0.39 is 22.7 Å². The van der Waals surface area contributed by atoms with Gasteiger partial charge in [0.05, 0.1) is 33.9 Å². The number of carboxylic acids is 1. The van der Waals surface area contributed by atoms with Crippen LogP contribution in [0.4, 0.5) is 0 Å². The molecule has 106 valence electrons. The van der Waals surface area contributed by atoms with Crippen LogP contribution in [0.3, 0.4) is 0 Å². The summed E-state index contributed by atoms with van der Waals surface area (Å²) in [4.78, 5) is 22.5. The SMILES string of the molecule is N#CCCNC(=O)CS(=O)c1ccc(Cl)c(C(=O)O)c1. The van der Waals surface area contributed by atoms with Crippen molar-refractivity contribution in [1.82, 2.24) is 5.32 Å². The third kappa shape index (κ3) is 4.64. The summed E-state index contributed by atoms with van der Waals surface area (Å²) in [6, 6.07) is 5.78. The molecule has 0 aliphatic carbocycles. The first-order valence-corrected chi connectivity index (χ1v) is 7.20. The minimum Gasteiger partial charge on any atom is -0.478 e. The molecule has 0 aliphatic heterocycles. The van der Waals surface area contributed by atoms with Gasteiger partial charge in [-0.25, -0.2) is 4.79 Å². The molecule has 0 spiro atoms. The summed E-state index contributed by atoms with van der Waals surface area (Å²) in [6.45, 7) is 0.188. The van der Waals surface area contributed by atoms with Crippen molar-refractivity contribution >= 4 is 34.3 Å². The van der Waals surface area contributed by atoms with E-state index in [0.29, 0.717) is 0 Å². The molecule has 0 aliphatic rings. The van der Waals surface area contributed by atoms with Gasteiger partial charge in [0.1, 0.15) is 5.75 Å². The average Bonchev–Trinajstić information content (AvgIpc) is 2.39. The Balaban J connectivity index is 2.73. The lowest BCUT2D eigenvalue weighted by molar-refractivity contribution is -0.118. The number of hydrogen-bond acceptors (Lipinski definition) is 4. The average molecular weight is 315 g/mol. The maximum Gasteiger partial charge on any atom is 0.337 e. The summed E-state index contributed by atoms with van der Waals surface area (Å²) in [6.07, 6.45) is 0.169. The van der Waals surface area contributed by atoms with E-state index in [-0.39, 0.29) is 34.2 Å². The number of carbonyl (C=O) groups is 2. The van der Waals surface area contributed by atoms with Crippen molar-refractivity contribution in [2.75, 3.05) is 12.3 Å². The van der Waals surface area contributed by atoms with Crippen molar-refractivity contribution in [1.29, 1.82) is 5.26 Å². The smallest absolute Gasteiger partial charge is 0.337 e. The predicted octanol–water partition coefficient (Wildman–Crippen LogP) is 1.18. The molecule has 6 nitrogen and oxygen atoms in total. The zero-order chi connectivity index (χ0) is 15.1. The molecule has 0 radical (unpaired) electrons. The van der Waals surface area contributed by atoms with Crippen LogP contribution in [0.1, 0.15) is 16.8 Å². The van der Waals surface area contributed by atoms with Gasteiger partial charge in [0.2, 0.25) is 5.91 Å². The largest absolute Gasteiger partial charge is 0.478 e. The van der Waals surface area contributed by atoms with Gasteiger partial charge in [-0.1, -0.05) is 11.6 Å². The predicted molar refractivity (Wildman–Crippen MR) is 72.9 cm³/mol. The van der Waals surface area contributed by atoms with Crippen molar-refractivity contribution in [2.45, 2.75) is 11.3 Å². The fourth-order valence-electron chi connectivity index (χ4n) is 1.32. The van der Waals surface area contributed by atoms with E-state index in [0.717, 1.165) is 0 Å². The van der Waals surface area contributed by atoms with Crippen LogP contribution in [0.5, 0.6) is 0 Å². The lowest BCUT2D eigenvalue weighted by Gasteiger charge is -2.05. The number of rotatable bonds is 6. The second kappa shape index (κ2) is 7.62. The third-order valence-corrected chi connectivity index (χ3v) is 3.89. The zero-order valence-corrected chi connectivity index (χ0v) is 11.8. The number of nitrogens with zero attached hydrogens (tertiary/aromatic N) is 1. The Kier molecular flexibility index (Phi) is 6.15. The Morgan fingerprint density at radius 3 is 2.75 bits per heavy atom. The molecule has 0 saturated carbocycles. The van der Waals surface area contributed by atoms with Crippen molar-refractivity contribution in [3.8, 4) is 6.07 Å². The topological polar surface area (TPSA) is 107 Å². The summed E-state index contributed by atoms with van der Waals surface area (Å²) in [5, 5.41) is 19.7. The Bertz CT molecular complexity index is 598. The van der Waals surface area contributed by atoms with Crippen LogP contribution in [0.2, 0.25) is 5.02 Å². The van der Waals surface area contributed by atoms with Crippen molar-refractivity contribution in [3.05, 3.63) is 28.8 Å². The highest BCUT2D eigenvalue weighted by Gasteiger charge is 2.14. The number of aromatic carboxylic acids is 1. The van der Waals surface area contributed by atoms with E-state index in [9.17, 15) is 13.8 Å². The van der Waals surface area contributed by atoms with Crippen LogP contribution < -0.4 is 5.32 Å². The molecule has 0 saturated heterocycles.